The van der Waals surface area contributed by atoms with Gasteiger partial charge in [0, 0.05) is 0 Å². The highest BCUT2D eigenvalue weighted by molar-refractivity contribution is 6.28. The van der Waals surface area contributed by atoms with Crippen LogP contribution >= 0.6 is 11.6 Å². The van der Waals surface area contributed by atoms with E-state index in [1.54, 1.807) is 21.1 Å². The zero-order valence-corrected chi connectivity index (χ0v) is 6.47. The number of quaternary nitrogens is 1. The predicted molar refractivity (Wildman–Crippen MR) is 32.7 cm³/mol. The topological polar surface area (TPSA) is 40.1 Å². The quantitative estimate of drug-likeness (QED) is 0.289. The average molecular weight is 152 g/mol. The normalized spacial score (nSPS) is 15.1. The first-order valence-electron chi connectivity index (χ1n) is 2.51. The summed E-state index contributed by atoms with van der Waals surface area (Å²) in [5.41, 5.74) is -0.968. The number of aliphatic carboxylic acids is 1. The van der Waals surface area contributed by atoms with Gasteiger partial charge in [-0.1, -0.05) is 11.6 Å². The number of hydrogen-bond donors (Lipinski definition) is 0. The van der Waals surface area contributed by atoms with Gasteiger partial charge in [0.25, 0.3) is 0 Å². The molecular weight excluding hydrogens is 142 g/mol. The number of likely N-dealkylation sites (N-methyl/N-ethyl adjacent to an activating group) is 1. The molecule has 0 rings (SSSR count). The molecule has 0 heterocycles. The maximum absolute atomic E-state index is 10.1. The van der Waals surface area contributed by atoms with Gasteiger partial charge in [0.15, 0.2) is 0 Å². The first-order valence-corrected chi connectivity index (χ1v) is 2.95. The van der Waals surface area contributed by atoms with Gasteiger partial charge in [0.2, 0.25) is 5.50 Å². The van der Waals surface area contributed by atoms with Crippen LogP contribution in [0.25, 0.3) is 0 Å². The lowest BCUT2D eigenvalue weighted by molar-refractivity contribution is -0.876. The van der Waals surface area contributed by atoms with Gasteiger partial charge < -0.3 is 14.4 Å². The van der Waals surface area contributed by atoms with Gasteiger partial charge in [0.1, 0.15) is 5.97 Å². The highest BCUT2D eigenvalue weighted by Crippen LogP contribution is 2.05. The molecule has 0 aliphatic heterocycles. The van der Waals surface area contributed by atoms with Crippen molar-refractivity contribution in [3.05, 3.63) is 0 Å². The molecule has 0 aromatic heterocycles. The molecule has 0 fully saturated rings. The summed E-state index contributed by atoms with van der Waals surface area (Å²) >= 11 is 5.40. The summed E-state index contributed by atoms with van der Waals surface area (Å²) in [4.78, 5) is 10.1. The molecule has 0 bridgehead atoms. The van der Waals surface area contributed by atoms with E-state index in [4.69, 9.17) is 11.6 Å². The van der Waals surface area contributed by atoms with Crippen molar-refractivity contribution in [3.8, 4) is 0 Å². The Hall–Kier alpha value is -0.280. The van der Waals surface area contributed by atoms with E-state index in [9.17, 15) is 9.90 Å². The molecule has 0 aromatic carbocycles. The van der Waals surface area contributed by atoms with Gasteiger partial charge in [-0.3, -0.25) is 0 Å². The Balaban J connectivity index is 4.04. The van der Waals surface area contributed by atoms with Crippen LogP contribution in [0.4, 0.5) is 0 Å². The Morgan fingerprint density at radius 3 is 1.89 bits per heavy atom. The van der Waals surface area contributed by atoms with Crippen LogP contribution < -0.4 is 5.11 Å². The van der Waals surface area contributed by atoms with Crippen molar-refractivity contribution in [3.63, 3.8) is 0 Å². The molecule has 9 heavy (non-hydrogen) atoms. The van der Waals surface area contributed by atoms with E-state index in [1.807, 2.05) is 0 Å². The molecule has 0 radical (unpaired) electrons. The molecule has 1 unspecified atom stereocenters. The van der Waals surface area contributed by atoms with Gasteiger partial charge in [-0.2, -0.15) is 0 Å². The lowest BCUT2D eigenvalue weighted by atomic mass is 10.5. The van der Waals surface area contributed by atoms with Gasteiger partial charge >= 0.3 is 0 Å². The smallest absolute Gasteiger partial charge is 0.204 e. The number of halogens is 1. The molecule has 0 saturated heterocycles. The molecule has 0 N–H and O–H groups in total. The standard InChI is InChI=1S/C5H10ClNO2/c1-7(2,3)4(6)5(8)9/h4H,1-3H3. The lowest BCUT2D eigenvalue weighted by Gasteiger charge is -2.29. The summed E-state index contributed by atoms with van der Waals surface area (Å²) in [5, 5.41) is 10.1. The van der Waals surface area contributed by atoms with Gasteiger partial charge in [-0.05, 0) is 0 Å². The van der Waals surface area contributed by atoms with Crippen molar-refractivity contribution in [2.45, 2.75) is 5.50 Å². The van der Waals surface area contributed by atoms with Crippen molar-refractivity contribution in [1.29, 1.82) is 0 Å². The Kier molecular flexibility index (Phi) is 2.46. The predicted octanol–water partition coefficient (Wildman–Crippen LogP) is -0.993. The third-order valence-electron chi connectivity index (χ3n) is 0.875. The third kappa shape index (κ3) is 2.67. The van der Waals surface area contributed by atoms with Crippen LogP contribution in [0.15, 0.2) is 0 Å². The fraction of sp³-hybridized carbons (Fsp3) is 0.800. The second kappa shape index (κ2) is 2.54. The highest BCUT2D eigenvalue weighted by atomic mass is 35.5. The maximum atomic E-state index is 10.1. The number of nitrogens with zero attached hydrogens (tertiary/aromatic N) is 1. The minimum Gasteiger partial charge on any atom is -0.543 e. The molecule has 1 atom stereocenters. The number of carboxylic acids is 1. The van der Waals surface area contributed by atoms with E-state index >= 15 is 0 Å². The van der Waals surface area contributed by atoms with Crippen molar-refractivity contribution in [2.24, 2.45) is 0 Å². The molecule has 0 spiro atoms. The van der Waals surface area contributed by atoms with E-state index in [0.29, 0.717) is 0 Å². The number of carbonyl (C=O) groups is 1. The molecule has 0 amide bonds. The van der Waals surface area contributed by atoms with E-state index in [1.165, 1.54) is 0 Å². The molecule has 54 valence electrons. The third-order valence-corrected chi connectivity index (χ3v) is 1.64. The molecule has 0 saturated carbocycles. The zero-order valence-electron chi connectivity index (χ0n) is 5.72. The summed E-state index contributed by atoms with van der Waals surface area (Å²) in [6.07, 6.45) is 0. The molecule has 4 heteroatoms. The van der Waals surface area contributed by atoms with Gasteiger partial charge in [0.05, 0.1) is 21.1 Å². The highest BCUT2D eigenvalue weighted by Gasteiger charge is 2.21. The van der Waals surface area contributed by atoms with Crippen LogP contribution in [0, 0.1) is 0 Å². The first-order chi connectivity index (χ1) is 3.85. The fourth-order valence-corrected chi connectivity index (χ4v) is 0.316. The average Bonchev–Trinajstić information content (AvgIpc) is 1.62. The van der Waals surface area contributed by atoms with E-state index < -0.39 is 11.5 Å². The van der Waals surface area contributed by atoms with E-state index in [2.05, 4.69) is 0 Å². The van der Waals surface area contributed by atoms with E-state index in [-0.39, 0.29) is 4.48 Å². The monoisotopic (exact) mass is 151 g/mol. The van der Waals surface area contributed by atoms with Crippen molar-refractivity contribution >= 4 is 17.6 Å². The minimum atomic E-state index is -1.23. The SMILES string of the molecule is C[N+](C)(C)C(Cl)C(=O)[O-]. The summed E-state index contributed by atoms with van der Waals surface area (Å²) in [6.45, 7) is 0. The second-order valence-corrected chi connectivity index (χ2v) is 3.18. The minimum absolute atomic E-state index is 0.171. The van der Waals surface area contributed by atoms with Crippen LogP contribution in [-0.2, 0) is 4.79 Å². The Bertz CT molecular complexity index is 119. The summed E-state index contributed by atoms with van der Waals surface area (Å²) < 4.78 is 0.171. The van der Waals surface area contributed by atoms with Crippen molar-refractivity contribution in [1.82, 2.24) is 0 Å². The van der Waals surface area contributed by atoms with Gasteiger partial charge in [-0.15, -0.1) is 0 Å². The number of hydrogen-bond acceptors (Lipinski definition) is 2. The molecule has 3 nitrogen and oxygen atoms in total. The Labute approximate surface area is 59.4 Å². The van der Waals surface area contributed by atoms with Crippen molar-refractivity contribution in [2.75, 3.05) is 21.1 Å². The molecule has 0 aliphatic carbocycles. The van der Waals surface area contributed by atoms with E-state index in [0.717, 1.165) is 0 Å². The van der Waals surface area contributed by atoms with Crippen LogP contribution in [-0.4, -0.2) is 37.1 Å². The fourth-order valence-electron chi connectivity index (χ4n) is 0.316. The van der Waals surface area contributed by atoms with Crippen LogP contribution in [0.5, 0.6) is 0 Å². The first kappa shape index (κ1) is 8.72. The zero-order chi connectivity index (χ0) is 7.65. The second-order valence-electron chi connectivity index (χ2n) is 2.77. The summed E-state index contributed by atoms with van der Waals surface area (Å²) in [6, 6.07) is 0. The Morgan fingerprint density at radius 2 is 1.89 bits per heavy atom. The largest absolute Gasteiger partial charge is 0.543 e. The number of alkyl halides is 1. The Morgan fingerprint density at radius 1 is 1.56 bits per heavy atom. The molecular formula is C5H10ClNO2. The van der Waals surface area contributed by atoms with Crippen LogP contribution in [0.1, 0.15) is 0 Å². The van der Waals surface area contributed by atoms with Crippen LogP contribution in [0.2, 0.25) is 0 Å². The number of carboxylic acid groups (broad SMARTS) is 1. The molecule has 0 aliphatic rings. The summed E-state index contributed by atoms with van der Waals surface area (Å²) in [7, 11) is 5.06. The molecule has 0 aromatic rings. The number of rotatable bonds is 2. The van der Waals surface area contributed by atoms with Crippen LogP contribution in [0.3, 0.4) is 0 Å². The lowest BCUT2D eigenvalue weighted by Crippen LogP contribution is -2.51. The summed E-state index contributed by atoms with van der Waals surface area (Å²) in [5.74, 6) is -1.23. The number of carbonyl (C=O) groups excluding carboxylic acids is 1. The van der Waals surface area contributed by atoms with Gasteiger partial charge in [-0.25, -0.2) is 0 Å². The maximum Gasteiger partial charge on any atom is 0.204 e. The van der Waals surface area contributed by atoms with Crippen molar-refractivity contribution < 1.29 is 14.4 Å².